The van der Waals surface area contributed by atoms with Crippen LogP contribution in [0, 0.1) is 11.6 Å². The number of nitrogens with one attached hydrogen (secondary N) is 3. The number of hydrogen-bond acceptors (Lipinski definition) is 4. The number of aromatic nitrogens is 1. The summed E-state index contributed by atoms with van der Waals surface area (Å²) in [4.78, 5) is 6.00. The van der Waals surface area contributed by atoms with Gasteiger partial charge in [-0.25, -0.2) is 21.9 Å². The maximum atomic E-state index is 14.0. The SMILES string of the molecule is CN=C(NCCNS(=O)(=O)c1ccn(C)c1)NC1CCN(c2c(F)cccc2F)C1. The maximum Gasteiger partial charge on any atom is 0.242 e. The van der Waals surface area contributed by atoms with Crippen LogP contribution in [-0.4, -0.2) is 58.2 Å². The highest BCUT2D eigenvalue weighted by Gasteiger charge is 2.27. The third-order valence-corrected chi connectivity index (χ3v) is 6.28. The van der Waals surface area contributed by atoms with Crippen molar-refractivity contribution < 1.29 is 17.2 Å². The summed E-state index contributed by atoms with van der Waals surface area (Å²) in [7, 11) is -0.207. The van der Waals surface area contributed by atoms with Crippen LogP contribution in [0.2, 0.25) is 0 Å². The lowest BCUT2D eigenvalue weighted by Crippen LogP contribution is -2.46. The number of nitrogens with zero attached hydrogens (tertiary/aromatic N) is 3. The molecular formula is C19H26F2N6O2S. The van der Waals surface area contributed by atoms with Crippen LogP contribution in [0.4, 0.5) is 14.5 Å². The molecule has 8 nitrogen and oxygen atoms in total. The molecule has 0 aliphatic carbocycles. The lowest BCUT2D eigenvalue weighted by atomic mass is 10.2. The van der Waals surface area contributed by atoms with Crippen molar-refractivity contribution >= 4 is 21.7 Å². The number of sulfonamides is 1. The molecule has 0 spiro atoms. The van der Waals surface area contributed by atoms with E-state index in [-0.39, 0.29) is 23.2 Å². The quantitative estimate of drug-likeness (QED) is 0.340. The number of rotatable bonds is 7. The summed E-state index contributed by atoms with van der Waals surface area (Å²) in [6, 6.07) is 5.32. The van der Waals surface area contributed by atoms with E-state index in [9.17, 15) is 17.2 Å². The fourth-order valence-electron chi connectivity index (χ4n) is 3.35. The number of anilines is 1. The van der Waals surface area contributed by atoms with Crippen LogP contribution >= 0.6 is 0 Å². The topological polar surface area (TPSA) is 90.8 Å². The van der Waals surface area contributed by atoms with Crippen molar-refractivity contribution in [2.45, 2.75) is 17.4 Å². The summed E-state index contributed by atoms with van der Waals surface area (Å²) in [6.07, 6.45) is 3.88. The van der Waals surface area contributed by atoms with E-state index in [2.05, 4.69) is 20.3 Å². The summed E-state index contributed by atoms with van der Waals surface area (Å²) in [6.45, 7) is 1.45. The molecule has 0 amide bonds. The van der Waals surface area contributed by atoms with Gasteiger partial charge in [-0.15, -0.1) is 0 Å². The Balaban J connectivity index is 1.46. The van der Waals surface area contributed by atoms with E-state index in [4.69, 9.17) is 0 Å². The molecule has 1 fully saturated rings. The lowest BCUT2D eigenvalue weighted by molar-refractivity contribution is 0.574. The second kappa shape index (κ2) is 9.43. The van der Waals surface area contributed by atoms with Gasteiger partial charge in [-0.1, -0.05) is 6.07 Å². The van der Waals surface area contributed by atoms with E-state index in [0.717, 1.165) is 0 Å². The molecule has 1 aromatic carbocycles. The van der Waals surface area contributed by atoms with Crippen molar-refractivity contribution in [3.63, 3.8) is 0 Å². The molecule has 164 valence electrons. The van der Waals surface area contributed by atoms with Gasteiger partial charge < -0.3 is 20.1 Å². The molecule has 3 rings (SSSR count). The molecule has 30 heavy (non-hydrogen) atoms. The van der Waals surface area contributed by atoms with E-state index >= 15 is 0 Å². The van der Waals surface area contributed by atoms with Gasteiger partial charge in [0.1, 0.15) is 17.3 Å². The third-order valence-electron chi connectivity index (χ3n) is 4.83. The fraction of sp³-hybridized carbons (Fsp3) is 0.421. The molecule has 1 atom stereocenters. The minimum atomic E-state index is -3.56. The zero-order valence-electron chi connectivity index (χ0n) is 16.9. The molecule has 1 aliphatic heterocycles. The lowest BCUT2D eigenvalue weighted by Gasteiger charge is -2.21. The van der Waals surface area contributed by atoms with Gasteiger partial charge in [0, 0.05) is 58.7 Å². The standard InChI is InChI=1S/C19H26F2N6O2S/c1-22-19(23-8-9-24-30(28,29)15-7-10-26(2)13-15)25-14-6-11-27(12-14)18-16(20)4-3-5-17(18)21/h3-5,7,10,13-14,24H,6,8-9,11-12H2,1-2H3,(H2,22,23,25). The Bertz CT molecular complexity index is 988. The minimum absolute atomic E-state index is 0.0138. The molecule has 0 radical (unpaired) electrons. The van der Waals surface area contributed by atoms with Crippen molar-refractivity contribution in [2.24, 2.45) is 12.0 Å². The van der Waals surface area contributed by atoms with Crippen molar-refractivity contribution in [1.29, 1.82) is 0 Å². The zero-order chi connectivity index (χ0) is 21.7. The highest BCUT2D eigenvalue weighted by Crippen LogP contribution is 2.26. The number of guanidine groups is 1. The Labute approximate surface area is 175 Å². The molecule has 11 heteroatoms. The molecule has 2 aromatic rings. The van der Waals surface area contributed by atoms with E-state index in [1.807, 2.05) is 0 Å². The highest BCUT2D eigenvalue weighted by molar-refractivity contribution is 7.89. The van der Waals surface area contributed by atoms with Crippen LogP contribution in [0.1, 0.15) is 6.42 Å². The first-order chi connectivity index (χ1) is 14.3. The Kier molecular flexibility index (Phi) is 6.93. The van der Waals surface area contributed by atoms with Crippen LogP contribution in [0.15, 0.2) is 46.5 Å². The van der Waals surface area contributed by atoms with Crippen LogP contribution in [0.5, 0.6) is 0 Å². The minimum Gasteiger partial charge on any atom is -0.365 e. The predicted molar refractivity (Wildman–Crippen MR) is 112 cm³/mol. The Morgan fingerprint density at radius 3 is 2.60 bits per heavy atom. The molecule has 1 unspecified atom stereocenters. The second-order valence-electron chi connectivity index (χ2n) is 7.06. The van der Waals surface area contributed by atoms with Gasteiger partial charge >= 0.3 is 0 Å². The van der Waals surface area contributed by atoms with Crippen molar-refractivity contribution in [3.8, 4) is 0 Å². The van der Waals surface area contributed by atoms with Crippen molar-refractivity contribution in [2.75, 3.05) is 38.1 Å². The Morgan fingerprint density at radius 2 is 1.97 bits per heavy atom. The first kappa shape index (κ1) is 22.0. The molecule has 1 aliphatic rings. The van der Waals surface area contributed by atoms with Crippen LogP contribution < -0.4 is 20.3 Å². The number of halogens is 2. The van der Waals surface area contributed by atoms with Crippen LogP contribution in [0.25, 0.3) is 0 Å². The van der Waals surface area contributed by atoms with Gasteiger partial charge in [0.15, 0.2) is 5.96 Å². The van der Waals surface area contributed by atoms with Gasteiger partial charge in [0.2, 0.25) is 10.0 Å². The monoisotopic (exact) mass is 440 g/mol. The zero-order valence-corrected chi connectivity index (χ0v) is 17.7. The summed E-state index contributed by atoms with van der Waals surface area (Å²) in [5, 5.41) is 6.25. The number of para-hydroxylation sites is 1. The molecule has 0 saturated carbocycles. The molecule has 2 heterocycles. The molecule has 1 saturated heterocycles. The maximum absolute atomic E-state index is 14.0. The fourth-order valence-corrected chi connectivity index (χ4v) is 4.43. The largest absolute Gasteiger partial charge is 0.365 e. The van der Waals surface area contributed by atoms with Crippen molar-refractivity contribution in [3.05, 3.63) is 48.3 Å². The molecule has 1 aromatic heterocycles. The number of aryl methyl sites for hydroxylation is 1. The van der Waals surface area contributed by atoms with Gasteiger partial charge in [0.05, 0.1) is 4.90 Å². The average Bonchev–Trinajstić information content (AvgIpc) is 3.33. The van der Waals surface area contributed by atoms with Gasteiger partial charge in [-0.3, -0.25) is 4.99 Å². The van der Waals surface area contributed by atoms with E-state index < -0.39 is 21.7 Å². The summed E-state index contributed by atoms with van der Waals surface area (Å²) in [5.74, 6) is -0.664. The van der Waals surface area contributed by atoms with Crippen molar-refractivity contribution in [1.82, 2.24) is 19.9 Å². The van der Waals surface area contributed by atoms with E-state index in [0.29, 0.717) is 32.0 Å². The van der Waals surface area contributed by atoms with Gasteiger partial charge in [-0.2, -0.15) is 0 Å². The predicted octanol–water partition coefficient (Wildman–Crippen LogP) is 1.03. The molecule has 0 bridgehead atoms. The second-order valence-corrected chi connectivity index (χ2v) is 8.82. The van der Waals surface area contributed by atoms with Crippen LogP contribution in [-0.2, 0) is 17.1 Å². The normalized spacial score (nSPS) is 17.4. The first-order valence-corrected chi connectivity index (χ1v) is 11.1. The van der Waals surface area contributed by atoms with Crippen LogP contribution in [0.3, 0.4) is 0 Å². The Hall–Kier alpha value is -2.66. The molecular weight excluding hydrogens is 414 g/mol. The number of aliphatic imine (C=N–C) groups is 1. The first-order valence-electron chi connectivity index (χ1n) is 9.58. The average molecular weight is 441 g/mol. The summed E-state index contributed by atoms with van der Waals surface area (Å²) in [5.41, 5.74) is -0.0138. The number of benzene rings is 1. The van der Waals surface area contributed by atoms with E-state index in [1.54, 1.807) is 29.8 Å². The van der Waals surface area contributed by atoms with E-state index in [1.165, 1.54) is 30.5 Å². The summed E-state index contributed by atoms with van der Waals surface area (Å²) < 4.78 is 56.6. The summed E-state index contributed by atoms with van der Waals surface area (Å²) >= 11 is 0. The Morgan fingerprint density at radius 1 is 1.23 bits per heavy atom. The number of hydrogen-bond donors (Lipinski definition) is 3. The third kappa shape index (κ3) is 5.28. The van der Waals surface area contributed by atoms with Gasteiger partial charge in [-0.05, 0) is 24.6 Å². The smallest absolute Gasteiger partial charge is 0.242 e. The highest BCUT2D eigenvalue weighted by atomic mass is 32.2. The molecule has 3 N–H and O–H groups in total. The van der Waals surface area contributed by atoms with Gasteiger partial charge in [0.25, 0.3) is 0 Å².